The van der Waals surface area contributed by atoms with Crippen molar-refractivity contribution < 1.29 is 4.42 Å². The topological polar surface area (TPSA) is 55.7 Å². The van der Waals surface area contributed by atoms with Crippen LogP contribution < -0.4 is 4.80 Å². The van der Waals surface area contributed by atoms with E-state index in [9.17, 15) is 0 Å². The molecule has 6 heteroatoms. The summed E-state index contributed by atoms with van der Waals surface area (Å²) < 4.78 is 7.37. The molecule has 3 heterocycles. The molecule has 3 aromatic heterocycles. The standard InChI is InChI=1S/C22H20N4OS/c1-16(2)18-7-9-19(10-8-18)25-22-26(24-14-17-5-3-11-23-13-17)20(15-28-22)21-6-4-12-27-21/h3-16H,1-2H3. The van der Waals surface area contributed by atoms with Gasteiger partial charge in [-0.05, 0) is 41.8 Å². The van der Waals surface area contributed by atoms with Crippen LogP contribution in [-0.2, 0) is 0 Å². The molecule has 0 atom stereocenters. The van der Waals surface area contributed by atoms with Gasteiger partial charge in [-0.1, -0.05) is 32.0 Å². The fourth-order valence-corrected chi connectivity index (χ4v) is 3.54. The van der Waals surface area contributed by atoms with E-state index < -0.39 is 0 Å². The smallest absolute Gasteiger partial charge is 0.211 e. The van der Waals surface area contributed by atoms with Crippen LogP contribution in [0.1, 0.15) is 30.9 Å². The Bertz CT molecular complexity index is 1120. The van der Waals surface area contributed by atoms with Gasteiger partial charge in [0.2, 0.25) is 4.80 Å². The van der Waals surface area contributed by atoms with Crippen molar-refractivity contribution in [1.82, 2.24) is 9.66 Å². The van der Waals surface area contributed by atoms with Crippen molar-refractivity contribution in [3.8, 4) is 11.5 Å². The first kappa shape index (κ1) is 18.1. The van der Waals surface area contributed by atoms with Crippen molar-refractivity contribution in [3.63, 3.8) is 0 Å². The lowest BCUT2D eigenvalue weighted by Gasteiger charge is -2.04. The van der Waals surface area contributed by atoms with E-state index in [4.69, 9.17) is 9.41 Å². The molecule has 28 heavy (non-hydrogen) atoms. The number of hydrogen-bond acceptors (Lipinski definition) is 5. The SMILES string of the molecule is CC(C)c1ccc(N=c2scc(-c3ccco3)n2N=Cc2cccnc2)cc1. The maximum atomic E-state index is 5.58. The molecule has 0 fully saturated rings. The van der Waals surface area contributed by atoms with Crippen molar-refractivity contribution >= 4 is 23.2 Å². The van der Waals surface area contributed by atoms with E-state index in [0.29, 0.717) is 5.92 Å². The summed E-state index contributed by atoms with van der Waals surface area (Å²) in [6.45, 7) is 4.37. The Morgan fingerprint density at radius 1 is 1.11 bits per heavy atom. The minimum Gasteiger partial charge on any atom is -0.463 e. The van der Waals surface area contributed by atoms with Gasteiger partial charge >= 0.3 is 0 Å². The highest BCUT2D eigenvalue weighted by molar-refractivity contribution is 7.07. The van der Waals surface area contributed by atoms with Gasteiger partial charge in [0, 0.05) is 23.3 Å². The Morgan fingerprint density at radius 3 is 2.64 bits per heavy atom. The molecule has 0 radical (unpaired) electrons. The quantitative estimate of drug-likeness (QED) is 0.427. The minimum atomic E-state index is 0.496. The third-order valence-corrected chi connectivity index (χ3v) is 5.07. The molecule has 0 saturated carbocycles. The van der Waals surface area contributed by atoms with Crippen LogP contribution in [0.15, 0.2) is 87.1 Å². The van der Waals surface area contributed by atoms with Gasteiger partial charge in [-0.15, -0.1) is 11.3 Å². The Kier molecular flexibility index (Phi) is 5.30. The van der Waals surface area contributed by atoms with Gasteiger partial charge in [-0.25, -0.2) is 9.67 Å². The van der Waals surface area contributed by atoms with Crippen LogP contribution in [0.2, 0.25) is 0 Å². The summed E-state index contributed by atoms with van der Waals surface area (Å²) in [5.74, 6) is 1.24. The molecule has 0 saturated heterocycles. The van der Waals surface area contributed by atoms with Crippen LogP contribution >= 0.6 is 11.3 Å². The van der Waals surface area contributed by atoms with Gasteiger partial charge in [0.15, 0.2) is 5.76 Å². The molecule has 140 valence electrons. The number of nitrogens with zero attached hydrogens (tertiary/aromatic N) is 4. The Morgan fingerprint density at radius 2 is 1.96 bits per heavy atom. The van der Waals surface area contributed by atoms with Crippen LogP contribution in [0.3, 0.4) is 0 Å². The average molecular weight is 388 g/mol. The maximum Gasteiger partial charge on any atom is 0.211 e. The molecule has 1 aromatic carbocycles. The predicted molar refractivity (Wildman–Crippen MR) is 113 cm³/mol. The summed E-state index contributed by atoms with van der Waals surface area (Å²) in [5.41, 5.74) is 3.96. The zero-order chi connectivity index (χ0) is 19.3. The normalized spacial score (nSPS) is 12.3. The molecule has 4 aromatic rings. The molecule has 0 N–H and O–H groups in total. The van der Waals surface area contributed by atoms with E-state index in [-0.39, 0.29) is 0 Å². The number of pyridine rings is 1. The summed E-state index contributed by atoms with van der Waals surface area (Å²) in [5, 5.41) is 6.64. The Balaban J connectivity index is 1.77. The van der Waals surface area contributed by atoms with E-state index in [0.717, 1.165) is 27.5 Å². The number of furan rings is 1. The summed E-state index contributed by atoms with van der Waals surface area (Å²) in [6, 6.07) is 15.9. The summed E-state index contributed by atoms with van der Waals surface area (Å²) in [6.07, 6.45) is 6.94. The fourth-order valence-electron chi connectivity index (χ4n) is 2.70. The molecule has 5 nitrogen and oxygen atoms in total. The Labute approximate surface area is 167 Å². The molecule has 0 amide bonds. The highest BCUT2D eigenvalue weighted by Crippen LogP contribution is 2.22. The zero-order valence-corrected chi connectivity index (χ0v) is 16.5. The predicted octanol–water partition coefficient (Wildman–Crippen LogP) is 5.44. The van der Waals surface area contributed by atoms with E-state index in [1.807, 2.05) is 41.8 Å². The number of hydrogen-bond donors (Lipinski definition) is 0. The molecule has 4 rings (SSSR count). The molecule has 0 aliphatic rings. The van der Waals surface area contributed by atoms with E-state index in [2.05, 4.69) is 36.1 Å². The average Bonchev–Trinajstić information content (AvgIpc) is 3.37. The number of benzene rings is 1. The molecule has 0 bridgehead atoms. The lowest BCUT2D eigenvalue weighted by Crippen LogP contribution is -2.11. The highest BCUT2D eigenvalue weighted by Gasteiger charge is 2.10. The second-order valence-corrected chi connectivity index (χ2v) is 7.42. The minimum absolute atomic E-state index is 0.496. The third kappa shape index (κ3) is 4.02. The maximum absolute atomic E-state index is 5.58. The summed E-state index contributed by atoms with van der Waals surface area (Å²) >= 11 is 1.52. The lowest BCUT2D eigenvalue weighted by atomic mass is 10.0. The summed E-state index contributed by atoms with van der Waals surface area (Å²) in [4.78, 5) is 9.69. The van der Waals surface area contributed by atoms with E-state index in [1.54, 1.807) is 29.5 Å². The lowest BCUT2D eigenvalue weighted by molar-refractivity contribution is 0.575. The molecular weight excluding hydrogens is 368 g/mol. The largest absolute Gasteiger partial charge is 0.463 e. The van der Waals surface area contributed by atoms with Crippen LogP contribution in [0, 0.1) is 0 Å². The van der Waals surface area contributed by atoms with Gasteiger partial charge in [0.25, 0.3) is 0 Å². The third-order valence-electron chi connectivity index (χ3n) is 4.25. The van der Waals surface area contributed by atoms with Crippen LogP contribution in [-0.4, -0.2) is 15.9 Å². The molecule has 0 aliphatic carbocycles. The summed E-state index contributed by atoms with van der Waals surface area (Å²) in [7, 11) is 0. The first-order valence-corrected chi connectivity index (χ1v) is 9.92. The van der Waals surface area contributed by atoms with Crippen molar-refractivity contribution in [3.05, 3.63) is 88.5 Å². The fraction of sp³-hybridized carbons (Fsp3) is 0.136. The van der Waals surface area contributed by atoms with Crippen molar-refractivity contribution in [2.24, 2.45) is 10.1 Å². The number of thiazole rings is 1. The van der Waals surface area contributed by atoms with Crippen molar-refractivity contribution in [2.45, 2.75) is 19.8 Å². The molecule has 0 aliphatic heterocycles. The molecule has 0 spiro atoms. The molecule has 0 unspecified atom stereocenters. The zero-order valence-electron chi connectivity index (χ0n) is 15.7. The highest BCUT2D eigenvalue weighted by atomic mass is 32.1. The van der Waals surface area contributed by atoms with Gasteiger partial charge in [0.1, 0.15) is 5.69 Å². The van der Waals surface area contributed by atoms with Gasteiger partial charge in [-0.3, -0.25) is 4.98 Å². The van der Waals surface area contributed by atoms with Gasteiger partial charge in [-0.2, -0.15) is 5.10 Å². The second kappa shape index (κ2) is 8.19. The van der Waals surface area contributed by atoms with E-state index in [1.165, 1.54) is 16.9 Å². The first-order chi connectivity index (χ1) is 13.7. The van der Waals surface area contributed by atoms with Crippen molar-refractivity contribution in [2.75, 3.05) is 0 Å². The van der Waals surface area contributed by atoms with Gasteiger partial charge in [0.05, 0.1) is 18.2 Å². The first-order valence-electron chi connectivity index (χ1n) is 9.04. The monoisotopic (exact) mass is 388 g/mol. The van der Waals surface area contributed by atoms with Crippen molar-refractivity contribution in [1.29, 1.82) is 0 Å². The number of rotatable bonds is 5. The van der Waals surface area contributed by atoms with E-state index >= 15 is 0 Å². The Hall–Kier alpha value is -3.25. The van der Waals surface area contributed by atoms with Crippen LogP contribution in [0.5, 0.6) is 0 Å². The van der Waals surface area contributed by atoms with Crippen LogP contribution in [0.25, 0.3) is 11.5 Å². The number of aromatic nitrogens is 2. The second-order valence-electron chi connectivity index (χ2n) is 6.58. The van der Waals surface area contributed by atoms with Gasteiger partial charge < -0.3 is 4.42 Å². The molecular formula is C22H20N4OS. The van der Waals surface area contributed by atoms with Crippen LogP contribution in [0.4, 0.5) is 5.69 Å².